The first-order valence-corrected chi connectivity index (χ1v) is 4.87. The highest BCUT2D eigenvalue weighted by Crippen LogP contribution is 2.01. The van der Waals surface area contributed by atoms with E-state index in [0.717, 1.165) is 19.4 Å². The van der Waals surface area contributed by atoms with E-state index >= 15 is 0 Å². The fraction of sp³-hybridized carbons (Fsp3) is 0.700. The summed E-state index contributed by atoms with van der Waals surface area (Å²) in [6, 6.07) is -0.0916. The Bertz CT molecular complexity index is 146. The fourth-order valence-corrected chi connectivity index (χ4v) is 1.06. The Kier molecular flexibility index (Phi) is 8.41. The average Bonchev–Trinajstić information content (AvgIpc) is 2.16. The fourth-order valence-electron chi connectivity index (χ4n) is 1.06. The van der Waals surface area contributed by atoms with E-state index in [0.29, 0.717) is 0 Å². The van der Waals surface area contributed by atoms with Crippen LogP contribution in [0, 0.1) is 0 Å². The quantitative estimate of drug-likeness (QED) is 0.461. The number of amides is 2. The Morgan fingerprint density at radius 1 is 1.31 bits per heavy atom. The predicted molar refractivity (Wildman–Crippen MR) is 55.7 cm³/mol. The molecule has 0 rings (SSSR count). The third-order valence-electron chi connectivity index (χ3n) is 1.85. The van der Waals surface area contributed by atoms with Crippen molar-refractivity contribution in [3.05, 3.63) is 12.7 Å². The standard InChI is InChI=1S/C10H20N2O/c1-3-4-5-6-7-8-9-12-10(13)11-2/h3H,1,4-9H2,2H3,(H2,11,12,13). The molecule has 0 bridgehead atoms. The van der Waals surface area contributed by atoms with Gasteiger partial charge in [-0.2, -0.15) is 0 Å². The summed E-state index contributed by atoms with van der Waals surface area (Å²) < 4.78 is 0. The van der Waals surface area contributed by atoms with Crippen molar-refractivity contribution in [2.24, 2.45) is 0 Å². The van der Waals surface area contributed by atoms with Crippen LogP contribution in [-0.2, 0) is 0 Å². The minimum absolute atomic E-state index is 0.0916. The number of hydrogen-bond acceptors (Lipinski definition) is 1. The SMILES string of the molecule is C=CCCCCCCNC(=O)NC. The second-order valence-corrected chi connectivity index (χ2v) is 3.00. The van der Waals surface area contributed by atoms with Crippen molar-refractivity contribution in [1.82, 2.24) is 10.6 Å². The van der Waals surface area contributed by atoms with Crippen molar-refractivity contribution in [2.45, 2.75) is 32.1 Å². The normalized spacial score (nSPS) is 9.31. The maximum absolute atomic E-state index is 10.7. The van der Waals surface area contributed by atoms with Crippen molar-refractivity contribution in [2.75, 3.05) is 13.6 Å². The second-order valence-electron chi connectivity index (χ2n) is 3.00. The molecule has 2 N–H and O–H groups in total. The molecule has 0 spiro atoms. The zero-order chi connectivity index (χ0) is 9.94. The lowest BCUT2D eigenvalue weighted by molar-refractivity contribution is 0.242. The Morgan fingerprint density at radius 3 is 2.62 bits per heavy atom. The molecule has 76 valence electrons. The molecule has 0 fully saturated rings. The lowest BCUT2D eigenvalue weighted by Crippen LogP contribution is -2.33. The van der Waals surface area contributed by atoms with E-state index in [1.807, 2.05) is 6.08 Å². The van der Waals surface area contributed by atoms with Gasteiger partial charge in [0.15, 0.2) is 0 Å². The number of nitrogens with one attached hydrogen (secondary N) is 2. The summed E-state index contributed by atoms with van der Waals surface area (Å²) in [5.74, 6) is 0. The molecule has 2 amide bonds. The van der Waals surface area contributed by atoms with E-state index in [9.17, 15) is 4.79 Å². The average molecular weight is 184 g/mol. The van der Waals surface area contributed by atoms with E-state index in [-0.39, 0.29) is 6.03 Å². The highest BCUT2D eigenvalue weighted by atomic mass is 16.2. The zero-order valence-electron chi connectivity index (χ0n) is 8.44. The lowest BCUT2D eigenvalue weighted by atomic mass is 10.1. The van der Waals surface area contributed by atoms with Gasteiger partial charge in [-0.15, -0.1) is 6.58 Å². The minimum Gasteiger partial charge on any atom is -0.341 e. The van der Waals surface area contributed by atoms with Gasteiger partial charge in [-0.05, 0) is 19.3 Å². The number of urea groups is 1. The van der Waals surface area contributed by atoms with Crippen LogP contribution in [0.2, 0.25) is 0 Å². The first-order chi connectivity index (χ1) is 6.31. The van der Waals surface area contributed by atoms with Crippen LogP contribution in [0.4, 0.5) is 4.79 Å². The van der Waals surface area contributed by atoms with Gasteiger partial charge in [0.05, 0.1) is 0 Å². The van der Waals surface area contributed by atoms with Gasteiger partial charge in [0.1, 0.15) is 0 Å². The Morgan fingerprint density at radius 2 is 2.00 bits per heavy atom. The van der Waals surface area contributed by atoms with Crippen LogP contribution in [0.5, 0.6) is 0 Å². The molecule has 0 aromatic heterocycles. The number of carbonyl (C=O) groups excluding carboxylic acids is 1. The third kappa shape index (κ3) is 8.92. The smallest absolute Gasteiger partial charge is 0.314 e. The molecule has 13 heavy (non-hydrogen) atoms. The molecule has 0 saturated carbocycles. The molecule has 0 heterocycles. The van der Waals surface area contributed by atoms with Crippen LogP contribution in [-0.4, -0.2) is 19.6 Å². The highest BCUT2D eigenvalue weighted by molar-refractivity contribution is 5.73. The summed E-state index contributed by atoms with van der Waals surface area (Å²) in [5, 5.41) is 5.27. The van der Waals surface area contributed by atoms with Crippen molar-refractivity contribution in [1.29, 1.82) is 0 Å². The van der Waals surface area contributed by atoms with E-state index in [1.54, 1.807) is 7.05 Å². The lowest BCUT2D eigenvalue weighted by Gasteiger charge is -2.03. The van der Waals surface area contributed by atoms with Crippen molar-refractivity contribution < 1.29 is 4.79 Å². The van der Waals surface area contributed by atoms with E-state index in [1.165, 1.54) is 19.3 Å². The van der Waals surface area contributed by atoms with Crippen LogP contribution in [0.3, 0.4) is 0 Å². The van der Waals surface area contributed by atoms with Crippen molar-refractivity contribution in [3.63, 3.8) is 0 Å². The zero-order valence-corrected chi connectivity index (χ0v) is 8.44. The van der Waals surface area contributed by atoms with Crippen LogP contribution in [0.25, 0.3) is 0 Å². The first-order valence-electron chi connectivity index (χ1n) is 4.87. The molecule has 0 unspecified atom stereocenters. The van der Waals surface area contributed by atoms with Gasteiger partial charge in [-0.1, -0.05) is 18.9 Å². The van der Waals surface area contributed by atoms with Crippen LogP contribution < -0.4 is 10.6 Å². The molecule has 3 nitrogen and oxygen atoms in total. The van der Waals surface area contributed by atoms with Crippen LogP contribution >= 0.6 is 0 Å². The minimum atomic E-state index is -0.0916. The molecule has 0 saturated heterocycles. The molecule has 0 aromatic rings. The summed E-state index contributed by atoms with van der Waals surface area (Å²) >= 11 is 0. The largest absolute Gasteiger partial charge is 0.341 e. The predicted octanol–water partition coefficient (Wildman–Crippen LogP) is 2.05. The van der Waals surface area contributed by atoms with Crippen LogP contribution in [0.15, 0.2) is 12.7 Å². The molecule has 3 heteroatoms. The number of hydrogen-bond donors (Lipinski definition) is 2. The molecule has 0 atom stereocenters. The summed E-state index contributed by atoms with van der Waals surface area (Å²) in [6.07, 6.45) is 7.72. The van der Waals surface area contributed by atoms with Gasteiger partial charge in [-0.3, -0.25) is 0 Å². The molecular formula is C10H20N2O. The maximum Gasteiger partial charge on any atom is 0.314 e. The Balaban J connectivity index is 2.99. The van der Waals surface area contributed by atoms with Gasteiger partial charge in [0.2, 0.25) is 0 Å². The van der Waals surface area contributed by atoms with E-state index in [2.05, 4.69) is 17.2 Å². The molecule has 0 radical (unpaired) electrons. The van der Waals surface area contributed by atoms with Crippen molar-refractivity contribution in [3.8, 4) is 0 Å². The van der Waals surface area contributed by atoms with E-state index < -0.39 is 0 Å². The summed E-state index contributed by atoms with van der Waals surface area (Å²) in [7, 11) is 1.62. The molecule has 0 aliphatic carbocycles. The maximum atomic E-state index is 10.7. The monoisotopic (exact) mass is 184 g/mol. The van der Waals surface area contributed by atoms with Gasteiger partial charge < -0.3 is 10.6 Å². The number of carbonyl (C=O) groups is 1. The Hall–Kier alpha value is -0.990. The highest BCUT2D eigenvalue weighted by Gasteiger charge is 1.93. The third-order valence-corrected chi connectivity index (χ3v) is 1.85. The molecule has 0 aliphatic rings. The molecule has 0 aliphatic heterocycles. The molecule has 0 aromatic carbocycles. The van der Waals surface area contributed by atoms with Crippen LogP contribution in [0.1, 0.15) is 32.1 Å². The topological polar surface area (TPSA) is 41.1 Å². The summed E-state index contributed by atoms with van der Waals surface area (Å²) in [6.45, 7) is 4.44. The summed E-state index contributed by atoms with van der Waals surface area (Å²) in [4.78, 5) is 10.7. The number of rotatable bonds is 7. The first kappa shape index (κ1) is 12.0. The Labute approximate surface area is 80.6 Å². The molecular weight excluding hydrogens is 164 g/mol. The second kappa shape index (κ2) is 9.10. The van der Waals surface area contributed by atoms with Gasteiger partial charge in [0, 0.05) is 13.6 Å². The van der Waals surface area contributed by atoms with Gasteiger partial charge in [-0.25, -0.2) is 4.79 Å². The summed E-state index contributed by atoms with van der Waals surface area (Å²) in [5.41, 5.74) is 0. The van der Waals surface area contributed by atoms with Gasteiger partial charge >= 0.3 is 6.03 Å². The van der Waals surface area contributed by atoms with Gasteiger partial charge in [0.25, 0.3) is 0 Å². The number of allylic oxidation sites excluding steroid dienone is 1. The number of unbranched alkanes of at least 4 members (excludes halogenated alkanes) is 4. The van der Waals surface area contributed by atoms with Crippen molar-refractivity contribution >= 4 is 6.03 Å². The van der Waals surface area contributed by atoms with E-state index in [4.69, 9.17) is 0 Å².